The molecular weight excluding hydrogens is 372 g/mol. The number of carbonyl (C=O) groups is 1. The molecule has 3 rings (SSSR count). The molecule has 2 aromatic carbocycles. The first-order chi connectivity index (χ1) is 12.5. The zero-order valence-corrected chi connectivity index (χ0v) is 15.4. The van der Waals surface area contributed by atoms with Crippen LogP contribution in [-0.2, 0) is 16.0 Å². The Morgan fingerprint density at radius 3 is 2.58 bits per heavy atom. The molecule has 1 N–H and O–H groups in total. The summed E-state index contributed by atoms with van der Waals surface area (Å²) in [5.74, 6) is -0.139. The summed E-state index contributed by atoms with van der Waals surface area (Å²) in [6.07, 6.45) is 1.78. The summed E-state index contributed by atoms with van der Waals surface area (Å²) in [7, 11) is 1.36. The molecule has 0 spiro atoms. The minimum atomic E-state index is -0.335. The zero-order chi connectivity index (χ0) is 18.5. The van der Waals surface area contributed by atoms with E-state index in [1.54, 1.807) is 42.6 Å². The highest BCUT2D eigenvalue weighted by Gasteiger charge is 2.16. The van der Waals surface area contributed by atoms with Crippen LogP contribution in [-0.4, -0.2) is 29.4 Å². The number of phenols is 1. The van der Waals surface area contributed by atoms with Crippen molar-refractivity contribution in [1.82, 2.24) is 4.98 Å². The van der Waals surface area contributed by atoms with E-state index < -0.39 is 0 Å². The number of carbonyl (C=O) groups excluding carboxylic acids is 1. The number of phenolic OH excluding ortho intramolecular Hbond substituents is 1. The molecule has 1 heterocycles. The summed E-state index contributed by atoms with van der Waals surface area (Å²) >= 11 is 7.28. The lowest BCUT2D eigenvalue weighted by atomic mass is 10.1. The highest BCUT2D eigenvalue weighted by molar-refractivity contribution is 7.15. The van der Waals surface area contributed by atoms with Gasteiger partial charge in [-0.25, -0.2) is 9.98 Å². The van der Waals surface area contributed by atoms with Crippen LogP contribution >= 0.6 is 22.9 Å². The Bertz CT molecular complexity index is 934. The van der Waals surface area contributed by atoms with Crippen molar-refractivity contribution in [3.05, 3.63) is 64.0 Å². The Labute approximate surface area is 159 Å². The Hall–Kier alpha value is -2.70. The molecule has 3 aromatic rings. The quantitative estimate of drug-likeness (QED) is 0.512. The Kier molecular flexibility index (Phi) is 5.65. The van der Waals surface area contributed by atoms with Crippen molar-refractivity contribution in [3.8, 4) is 17.0 Å². The molecule has 1 aromatic heterocycles. The second-order valence-electron chi connectivity index (χ2n) is 5.38. The number of methoxy groups -OCH3 is 1. The van der Waals surface area contributed by atoms with Crippen molar-refractivity contribution in [2.45, 2.75) is 6.42 Å². The predicted octanol–water partition coefficient (Wildman–Crippen LogP) is 4.64. The summed E-state index contributed by atoms with van der Waals surface area (Å²) in [6.45, 7) is 0. The van der Waals surface area contributed by atoms with Crippen molar-refractivity contribution in [3.63, 3.8) is 0 Å². The van der Waals surface area contributed by atoms with Gasteiger partial charge in [-0.3, -0.25) is 4.79 Å². The summed E-state index contributed by atoms with van der Waals surface area (Å²) < 4.78 is 4.77. The molecule has 0 bridgehead atoms. The maximum Gasteiger partial charge on any atom is 0.310 e. The first-order valence-corrected chi connectivity index (χ1v) is 8.90. The van der Waals surface area contributed by atoms with Crippen LogP contribution in [0.5, 0.6) is 5.75 Å². The number of aromatic hydroxyl groups is 1. The normalized spacial score (nSPS) is 11.0. The molecule has 132 valence electrons. The van der Waals surface area contributed by atoms with E-state index in [-0.39, 0.29) is 18.1 Å². The van der Waals surface area contributed by atoms with Gasteiger partial charge in [0, 0.05) is 21.7 Å². The Morgan fingerprint density at radius 1 is 1.23 bits per heavy atom. The monoisotopic (exact) mass is 386 g/mol. The van der Waals surface area contributed by atoms with E-state index in [9.17, 15) is 9.90 Å². The molecule has 26 heavy (non-hydrogen) atoms. The maximum atomic E-state index is 11.7. The van der Waals surface area contributed by atoms with E-state index in [0.717, 1.165) is 16.0 Å². The van der Waals surface area contributed by atoms with Crippen LogP contribution in [0.25, 0.3) is 11.3 Å². The van der Waals surface area contributed by atoms with Gasteiger partial charge in [0.05, 0.1) is 19.2 Å². The number of aromatic nitrogens is 1. The lowest BCUT2D eigenvalue weighted by Gasteiger charge is -2.01. The minimum absolute atomic E-state index is 0.126. The molecule has 5 nitrogen and oxygen atoms in total. The third kappa shape index (κ3) is 4.47. The fourth-order valence-electron chi connectivity index (χ4n) is 2.24. The fraction of sp³-hybridized carbons (Fsp3) is 0.105. The molecule has 0 saturated carbocycles. The third-order valence-electron chi connectivity index (χ3n) is 3.55. The standard InChI is InChI=1S/C19H15ClN2O3S/c1-25-17(24)10-16-18(13-4-6-14(20)7-5-13)22-19(26-16)21-11-12-2-8-15(23)9-3-12/h2-9,11,23H,10H2,1H3. The highest BCUT2D eigenvalue weighted by atomic mass is 35.5. The Balaban J connectivity index is 1.93. The number of nitrogens with zero attached hydrogens (tertiary/aromatic N) is 2. The number of halogens is 1. The number of ether oxygens (including phenoxy) is 1. The van der Waals surface area contributed by atoms with E-state index >= 15 is 0 Å². The minimum Gasteiger partial charge on any atom is -0.508 e. The molecule has 0 amide bonds. The van der Waals surface area contributed by atoms with Crippen LogP contribution in [0, 0.1) is 0 Å². The van der Waals surface area contributed by atoms with Gasteiger partial charge in [0.2, 0.25) is 5.13 Å². The number of rotatable bonds is 5. The first-order valence-electron chi connectivity index (χ1n) is 7.70. The number of hydrogen-bond acceptors (Lipinski definition) is 6. The van der Waals surface area contributed by atoms with E-state index in [1.165, 1.54) is 18.4 Å². The predicted molar refractivity (Wildman–Crippen MR) is 104 cm³/mol. The van der Waals surface area contributed by atoms with E-state index in [0.29, 0.717) is 15.8 Å². The number of thiazole rings is 1. The van der Waals surface area contributed by atoms with Crippen molar-refractivity contribution in [1.29, 1.82) is 0 Å². The van der Waals surface area contributed by atoms with Gasteiger partial charge in [0.15, 0.2) is 0 Å². The molecule has 0 aliphatic heterocycles. The lowest BCUT2D eigenvalue weighted by molar-refractivity contribution is -0.139. The van der Waals surface area contributed by atoms with Crippen LogP contribution in [0.4, 0.5) is 5.13 Å². The number of aliphatic imine (C=N–C) groups is 1. The first kappa shape index (κ1) is 18.1. The van der Waals surface area contributed by atoms with Gasteiger partial charge in [0.25, 0.3) is 0 Å². The second kappa shape index (κ2) is 8.12. The third-order valence-corrected chi connectivity index (χ3v) is 4.77. The fourth-order valence-corrected chi connectivity index (χ4v) is 3.28. The summed E-state index contributed by atoms with van der Waals surface area (Å²) in [4.78, 5) is 21.4. The van der Waals surface area contributed by atoms with Crippen LogP contribution < -0.4 is 0 Å². The number of hydrogen-bond donors (Lipinski definition) is 1. The van der Waals surface area contributed by atoms with Gasteiger partial charge in [-0.05, 0) is 42.0 Å². The second-order valence-corrected chi connectivity index (χ2v) is 6.88. The average Bonchev–Trinajstić information content (AvgIpc) is 3.04. The van der Waals surface area contributed by atoms with Crippen molar-refractivity contribution < 1.29 is 14.6 Å². The molecule has 0 radical (unpaired) electrons. The van der Waals surface area contributed by atoms with Crippen LogP contribution in [0.1, 0.15) is 10.4 Å². The molecular formula is C19H15ClN2O3S. The summed E-state index contributed by atoms with van der Waals surface area (Å²) in [5.41, 5.74) is 2.38. The Morgan fingerprint density at radius 2 is 1.92 bits per heavy atom. The molecule has 7 heteroatoms. The van der Waals surface area contributed by atoms with Crippen molar-refractivity contribution in [2.75, 3.05) is 7.11 Å². The number of esters is 1. The highest BCUT2D eigenvalue weighted by Crippen LogP contribution is 2.33. The van der Waals surface area contributed by atoms with Crippen LogP contribution in [0.3, 0.4) is 0 Å². The van der Waals surface area contributed by atoms with Crippen molar-refractivity contribution >= 4 is 40.3 Å². The molecule has 0 aliphatic rings. The number of benzene rings is 2. The van der Waals surface area contributed by atoms with Crippen molar-refractivity contribution in [2.24, 2.45) is 4.99 Å². The van der Waals surface area contributed by atoms with Gasteiger partial charge in [0.1, 0.15) is 5.75 Å². The summed E-state index contributed by atoms with van der Waals surface area (Å²) in [6, 6.07) is 13.9. The van der Waals surface area contributed by atoms with Crippen LogP contribution in [0.15, 0.2) is 53.5 Å². The lowest BCUT2D eigenvalue weighted by Crippen LogP contribution is -2.03. The van der Waals surface area contributed by atoms with Gasteiger partial charge in [-0.2, -0.15) is 0 Å². The molecule has 0 atom stereocenters. The molecule has 0 aliphatic carbocycles. The average molecular weight is 387 g/mol. The van der Waals surface area contributed by atoms with E-state index in [2.05, 4.69) is 9.98 Å². The van der Waals surface area contributed by atoms with E-state index in [4.69, 9.17) is 16.3 Å². The molecule has 0 fully saturated rings. The maximum absolute atomic E-state index is 11.7. The molecule has 0 unspecified atom stereocenters. The van der Waals surface area contributed by atoms with Gasteiger partial charge >= 0.3 is 5.97 Å². The van der Waals surface area contributed by atoms with E-state index in [1.807, 2.05) is 12.1 Å². The smallest absolute Gasteiger partial charge is 0.310 e. The van der Waals surface area contributed by atoms with Gasteiger partial charge in [-0.1, -0.05) is 35.1 Å². The van der Waals surface area contributed by atoms with Gasteiger partial charge in [-0.15, -0.1) is 0 Å². The topological polar surface area (TPSA) is 71.8 Å². The van der Waals surface area contributed by atoms with Gasteiger partial charge < -0.3 is 9.84 Å². The SMILES string of the molecule is COC(=O)Cc1sc(N=Cc2ccc(O)cc2)nc1-c1ccc(Cl)cc1. The zero-order valence-electron chi connectivity index (χ0n) is 13.8. The van der Waals surface area contributed by atoms with Crippen LogP contribution in [0.2, 0.25) is 5.02 Å². The largest absolute Gasteiger partial charge is 0.508 e. The molecule has 0 saturated heterocycles. The summed E-state index contributed by atoms with van der Waals surface area (Å²) in [5, 5.41) is 10.5.